The van der Waals surface area contributed by atoms with Gasteiger partial charge in [-0.1, -0.05) is 0 Å². The van der Waals surface area contributed by atoms with Gasteiger partial charge in [-0.3, -0.25) is 4.79 Å². The van der Waals surface area contributed by atoms with Crippen LogP contribution in [0.15, 0.2) is 11.6 Å². The average molecular weight is 283 g/mol. The Morgan fingerprint density at radius 1 is 1.63 bits per heavy atom. The van der Waals surface area contributed by atoms with Gasteiger partial charge < -0.3 is 15.0 Å². The Morgan fingerprint density at radius 3 is 2.89 bits per heavy atom. The molecule has 0 spiro atoms. The van der Waals surface area contributed by atoms with Crippen LogP contribution in [-0.2, 0) is 16.1 Å². The molecule has 0 aliphatic heterocycles. The normalized spacial score (nSPS) is 15.7. The fraction of sp³-hybridized carbons (Fsp3) is 0.583. The molecule has 104 valence electrons. The highest BCUT2D eigenvalue weighted by atomic mass is 32.1. The van der Waals surface area contributed by atoms with Crippen molar-refractivity contribution >= 4 is 23.3 Å². The molecule has 2 rings (SSSR count). The van der Waals surface area contributed by atoms with Crippen LogP contribution in [0.1, 0.15) is 24.8 Å². The van der Waals surface area contributed by atoms with Crippen LogP contribution in [0.5, 0.6) is 0 Å². The number of alkyl carbamates (subject to hydrolysis) is 1. The molecule has 1 aromatic heterocycles. The molecule has 0 aromatic carbocycles. The quantitative estimate of drug-likeness (QED) is 0.886. The number of carbonyl (C=O) groups is 2. The van der Waals surface area contributed by atoms with Crippen molar-refractivity contribution in [3.8, 4) is 0 Å². The van der Waals surface area contributed by atoms with Crippen molar-refractivity contribution in [3.05, 3.63) is 16.6 Å². The molecular formula is C12H17N3O3S. The standard InChI is InChI=1S/C12H17N3O3S/c1-8(14-12(17)18-2)11(16)15(9-3-4-9)7-10-13-5-6-19-10/h5-6,8-9H,3-4,7H2,1-2H3,(H,14,17). The molecule has 2 amide bonds. The van der Waals surface area contributed by atoms with Crippen LogP contribution in [0.4, 0.5) is 4.79 Å². The zero-order valence-electron chi connectivity index (χ0n) is 11.0. The molecule has 1 N–H and O–H groups in total. The third-order valence-corrected chi connectivity index (χ3v) is 3.71. The topological polar surface area (TPSA) is 71.5 Å². The summed E-state index contributed by atoms with van der Waals surface area (Å²) in [6.45, 7) is 2.17. The van der Waals surface area contributed by atoms with Crippen LogP contribution < -0.4 is 5.32 Å². The maximum Gasteiger partial charge on any atom is 0.407 e. The predicted molar refractivity (Wildman–Crippen MR) is 70.7 cm³/mol. The van der Waals surface area contributed by atoms with Crippen LogP contribution in [0.3, 0.4) is 0 Å². The van der Waals surface area contributed by atoms with Crippen LogP contribution in [0, 0.1) is 0 Å². The number of hydrogen-bond donors (Lipinski definition) is 1. The van der Waals surface area contributed by atoms with Crippen molar-refractivity contribution < 1.29 is 14.3 Å². The lowest BCUT2D eigenvalue weighted by atomic mass is 10.2. The van der Waals surface area contributed by atoms with Crippen LogP contribution in [0.25, 0.3) is 0 Å². The van der Waals surface area contributed by atoms with Gasteiger partial charge in [-0.2, -0.15) is 0 Å². The van der Waals surface area contributed by atoms with Gasteiger partial charge in [0.15, 0.2) is 0 Å². The van der Waals surface area contributed by atoms with Crippen LogP contribution in [0.2, 0.25) is 0 Å². The minimum atomic E-state index is -0.592. The molecule has 7 heteroatoms. The van der Waals surface area contributed by atoms with Crippen molar-refractivity contribution in [1.82, 2.24) is 15.2 Å². The lowest BCUT2D eigenvalue weighted by Gasteiger charge is -2.25. The molecule has 1 aliphatic rings. The largest absolute Gasteiger partial charge is 0.453 e. The minimum absolute atomic E-state index is 0.0944. The second kappa shape index (κ2) is 6.01. The number of ether oxygens (including phenoxy) is 1. The molecule has 0 bridgehead atoms. The van der Waals surface area contributed by atoms with Crippen molar-refractivity contribution in [2.45, 2.75) is 38.4 Å². The number of rotatable bonds is 5. The third-order valence-electron chi connectivity index (χ3n) is 2.95. The smallest absolute Gasteiger partial charge is 0.407 e. The summed E-state index contributed by atoms with van der Waals surface area (Å²) in [5.74, 6) is -0.0944. The monoisotopic (exact) mass is 283 g/mol. The highest BCUT2D eigenvalue weighted by Crippen LogP contribution is 2.29. The summed E-state index contributed by atoms with van der Waals surface area (Å²) in [7, 11) is 1.28. The summed E-state index contributed by atoms with van der Waals surface area (Å²) >= 11 is 1.53. The first kappa shape index (κ1) is 13.8. The summed E-state index contributed by atoms with van der Waals surface area (Å²) in [5, 5.41) is 5.30. The van der Waals surface area contributed by atoms with Crippen LogP contribution in [-0.4, -0.2) is 41.1 Å². The van der Waals surface area contributed by atoms with E-state index in [-0.39, 0.29) is 11.9 Å². The van der Waals surface area contributed by atoms with E-state index in [1.54, 1.807) is 18.0 Å². The molecular weight excluding hydrogens is 266 g/mol. The number of nitrogens with one attached hydrogen (secondary N) is 1. The second-order valence-electron chi connectivity index (χ2n) is 4.48. The summed E-state index contributed by atoms with van der Waals surface area (Å²) in [6, 6.07) is -0.314. The Kier molecular flexibility index (Phi) is 4.36. The van der Waals surface area contributed by atoms with Crippen molar-refractivity contribution in [2.75, 3.05) is 7.11 Å². The number of nitrogens with zero attached hydrogens (tertiary/aromatic N) is 2. The van der Waals surface area contributed by atoms with E-state index in [2.05, 4.69) is 15.0 Å². The van der Waals surface area contributed by atoms with E-state index in [1.807, 2.05) is 5.38 Å². The summed E-state index contributed by atoms with van der Waals surface area (Å²) in [6.07, 6.45) is 3.17. The summed E-state index contributed by atoms with van der Waals surface area (Å²) in [5.41, 5.74) is 0. The molecule has 1 aromatic rings. The highest BCUT2D eigenvalue weighted by Gasteiger charge is 2.35. The fourth-order valence-electron chi connectivity index (χ4n) is 1.80. The number of thiazole rings is 1. The average Bonchev–Trinajstić information content (AvgIpc) is 3.12. The Balaban J connectivity index is 1.98. The lowest BCUT2D eigenvalue weighted by Crippen LogP contribution is -2.47. The van der Waals surface area contributed by atoms with Gasteiger partial charge in [0.25, 0.3) is 0 Å². The SMILES string of the molecule is COC(=O)NC(C)C(=O)N(Cc1nccs1)C1CC1. The van der Waals surface area contributed by atoms with E-state index in [1.165, 1.54) is 18.4 Å². The van der Waals surface area contributed by atoms with Gasteiger partial charge in [-0.15, -0.1) is 11.3 Å². The van der Waals surface area contributed by atoms with Gasteiger partial charge >= 0.3 is 6.09 Å². The van der Waals surface area contributed by atoms with E-state index in [4.69, 9.17) is 0 Å². The van der Waals surface area contributed by atoms with Gasteiger partial charge in [0.1, 0.15) is 11.0 Å². The number of hydrogen-bond acceptors (Lipinski definition) is 5. The molecule has 0 saturated heterocycles. The van der Waals surface area contributed by atoms with E-state index < -0.39 is 12.1 Å². The molecule has 1 fully saturated rings. The molecule has 19 heavy (non-hydrogen) atoms. The molecule has 1 heterocycles. The first-order chi connectivity index (χ1) is 9.11. The third kappa shape index (κ3) is 3.66. The number of methoxy groups -OCH3 is 1. The van der Waals surface area contributed by atoms with E-state index in [0.29, 0.717) is 6.54 Å². The van der Waals surface area contributed by atoms with E-state index >= 15 is 0 Å². The maximum atomic E-state index is 12.3. The van der Waals surface area contributed by atoms with E-state index in [9.17, 15) is 9.59 Å². The van der Waals surface area contributed by atoms with E-state index in [0.717, 1.165) is 17.8 Å². The van der Waals surface area contributed by atoms with Gasteiger partial charge in [0.05, 0.1) is 13.7 Å². The van der Waals surface area contributed by atoms with Crippen molar-refractivity contribution in [1.29, 1.82) is 0 Å². The maximum absolute atomic E-state index is 12.3. The Hall–Kier alpha value is -1.63. The molecule has 6 nitrogen and oxygen atoms in total. The first-order valence-corrected chi connectivity index (χ1v) is 7.03. The summed E-state index contributed by atoms with van der Waals surface area (Å²) < 4.78 is 4.50. The summed E-state index contributed by atoms with van der Waals surface area (Å²) in [4.78, 5) is 29.5. The molecule has 0 radical (unpaired) electrons. The molecule has 1 unspecified atom stereocenters. The Morgan fingerprint density at radius 2 is 2.37 bits per heavy atom. The number of carbonyl (C=O) groups excluding carboxylic acids is 2. The molecule has 1 aliphatic carbocycles. The Labute approximate surface area is 115 Å². The zero-order chi connectivity index (χ0) is 13.8. The van der Waals surface area contributed by atoms with Crippen molar-refractivity contribution in [3.63, 3.8) is 0 Å². The zero-order valence-corrected chi connectivity index (χ0v) is 11.8. The lowest BCUT2D eigenvalue weighted by molar-refractivity contribution is -0.134. The Bertz CT molecular complexity index is 445. The van der Waals surface area contributed by atoms with Gasteiger partial charge in [0.2, 0.25) is 5.91 Å². The highest BCUT2D eigenvalue weighted by molar-refractivity contribution is 7.09. The van der Waals surface area contributed by atoms with Gasteiger partial charge in [-0.25, -0.2) is 9.78 Å². The predicted octanol–water partition coefficient (Wildman–Crippen LogP) is 1.38. The van der Waals surface area contributed by atoms with Crippen molar-refractivity contribution in [2.24, 2.45) is 0 Å². The molecule has 1 saturated carbocycles. The first-order valence-electron chi connectivity index (χ1n) is 6.15. The molecule has 1 atom stereocenters. The second-order valence-corrected chi connectivity index (χ2v) is 5.46. The van der Waals surface area contributed by atoms with Gasteiger partial charge in [-0.05, 0) is 19.8 Å². The number of amides is 2. The number of aromatic nitrogens is 1. The van der Waals surface area contributed by atoms with Gasteiger partial charge in [0, 0.05) is 17.6 Å². The fourth-order valence-corrected chi connectivity index (χ4v) is 2.41. The minimum Gasteiger partial charge on any atom is -0.453 e. The van der Waals surface area contributed by atoms with Crippen LogP contribution >= 0.6 is 11.3 Å².